The SMILES string of the molecule is CC(C)C1COCCN1CC(=O)N(C)c1ccc2sc3c(-c4cccc5c(=O)cc(N6CCOCC6)oc45)cccc3c2c1. The first-order chi connectivity index (χ1) is 21.4. The van der Waals surface area contributed by atoms with Gasteiger partial charge in [-0.15, -0.1) is 11.3 Å². The maximum atomic E-state index is 13.5. The number of rotatable bonds is 6. The molecule has 0 bridgehead atoms. The van der Waals surface area contributed by atoms with Gasteiger partial charge in [0.25, 0.3) is 0 Å². The van der Waals surface area contributed by atoms with E-state index < -0.39 is 0 Å². The van der Waals surface area contributed by atoms with Gasteiger partial charge in [0.2, 0.25) is 5.91 Å². The summed E-state index contributed by atoms with van der Waals surface area (Å²) in [7, 11) is 1.86. The van der Waals surface area contributed by atoms with Crippen molar-refractivity contribution >= 4 is 60.0 Å². The molecule has 1 atom stereocenters. The van der Waals surface area contributed by atoms with Crippen molar-refractivity contribution in [2.45, 2.75) is 19.9 Å². The van der Waals surface area contributed by atoms with Crippen LogP contribution in [0.15, 0.2) is 69.9 Å². The number of fused-ring (bicyclic) bond motifs is 4. The number of thiophene rings is 1. The van der Waals surface area contributed by atoms with E-state index in [4.69, 9.17) is 13.9 Å². The van der Waals surface area contributed by atoms with Gasteiger partial charge in [-0.1, -0.05) is 44.2 Å². The second-order valence-corrected chi connectivity index (χ2v) is 13.1. The Hall–Kier alpha value is -3.76. The van der Waals surface area contributed by atoms with E-state index in [1.54, 1.807) is 22.3 Å². The molecule has 7 rings (SSSR count). The van der Waals surface area contributed by atoms with Crippen molar-refractivity contribution in [2.75, 3.05) is 69.5 Å². The second kappa shape index (κ2) is 12.0. The van der Waals surface area contributed by atoms with Crippen LogP contribution in [-0.4, -0.2) is 76.5 Å². The molecule has 228 valence electrons. The first-order valence-electron chi connectivity index (χ1n) is 15.3. The maximum Gasteiger partial charge on any atom is 0.240 e. The van der Waals surface area contributed by atoms with Crippen molar-refractivity contribution in [1.82, 2.24) is 4.90 Å². The fourth-order valence-electron chi connectivity index (χ4n) is 6.42. The van der Waals surface area contributed by atoms with Crippen molar-refractivity contribution in [3.8, 4) is 11.1 Å². The Bertz CT molecular complexity index is 1910. The first-order valence-corrected chi connectivity index (χ1v) is 16.1. The number of likely N-dealkylation sites (N-methyl/N-ethyl adjacent to an activating group) is 1. The van der Waals surface area contributed by atoms with Crippen LogP contribution in [0.25, 0.3) is 42.3 Å². The molecule has 0 aliphatic carbocycles. The Kier molecular flexibility index (Phi) is 7.88. The summed E-state index contributed by atoms with van der Waals surface area (Å²) in [6.45, 7) is 9.41. The molecule has 2 fully saturated rings. The third kappa shape index (κ3) is 5.28. The molecule has 2 aromatic heterocycles. The van der Waals surface area contributed by atoms with Crippen LogP contribution in [0.1, 0.15) is 13.8 Å². The van der Waals surface area contributed by atoms with Gasteiger partial charge < -0.3 is 23.7 Å². The molecule has 0 radical (unpaired) electrons. The van der Waals surface area contributed by atoms with Crippen LogP contribution in [-0.2, 0) is 14.3 Å². The molecule has 2 aliphatic rings. The topological polar surface area (TPSA) is 75.5 Å². The van der Waals surface area contributed by atoms with Crippen LogP contribution >= 0.6 is 11.3 Å². The zero-order valence-corrected chi connectivity index (χ0v) is 26.2. The van der Waals surface area contributed by atoms with Gasteiger partial charge in [0.1, 0.15) is 5.58 Å². The van der Waals surface area contributed by atoms with E-state index in [0.717, 1.165) is 43.5 Å². The molecule has 2 aliphatic heterocycles. The van der Waals surface area contributed by atoms with E-state index in [1.807, 2.05) is 31.3 Å². The third-order valence-electron chi connectivity index (χ3n) is 8.98. The summed E-state index contributed by atoms with van der Waals surface area (Å²) in [5.41, 5.74) is 3.33. The largest absolute Gasteiger partial charge is 0.440 e. The lowest BCUT2D eigenvalue weighted by Gasteiger charge is -2.38. The minimum Gasteiger partial charge on any atom is -0.440 e. The van der Waals surface area contributed by atoms with Crippen LogP contribution in [0.2, 0.25) is 0 Å². The highest BCUT2D eigenvalue weighted by molar-refractivity contribution is 7.26. The molecule has 1 unspecified atom stereocenters. The van der Waals surface area contributed by atoms with Gasteiger partial charge in [-0.2, -0.15) is 0 Å². The molecular formula is C35H37N3O5S. The Labute approximate surface area is 260 Å². The number of carbonyl (C=O) groups excluding carboxylic acids is 1. The number of carbonyl (C=O) groups is 1. The van der Waals surface area contributed by atoms with Gasteiger partial charge in [0.15, 0.2) is 11.3 Å². The predicted molar refractivity (Wildman–Crippen MR) is 178 cm³/mol. The zero-order valence-electron chi connectivity index (χ0n) is 25.4. The van der Waals surface area contributed by atoms with Crippen LogP contribution in [0.3, 0.4) is 0 Å². The summed E-state index contributed by atoms with van der Waals surface area (Å²) >= 11 is 1.72. The third-order valence-corrected chi connectivity index (χ3v) is 10.2. The molecule has 0 spiro atoms. The lowest BCUT2D eigenvalue weighted by molar-refractivity contribution is -0.122. The minimum atomic E-state index is -0.0488. The van der Waals surface area contributed by atoms with Gasteiger partial charge in [0.05, 0.1) is 38.4 Å². The van der Waals surface area contributed by atoms with Gasteiger partial charge in [-0.05, 0) is 30.2 Å². The van der Waals surface area contributed by atoms with Crippen LogP contribution in [0.4, 0.5) is 11.6 Å². The van der Waals surface area contributed by atoms with E-state index in [2.05, 4.69) is 54.0 Å². The highest BCUT2D eigenvalue weighted by Gasteiger charge is 2.28. The lowest BCUT2D eigenvalue weighted by atomic mass is 10.0. The van der Waals surface area contributed by atoms with Crippen LogP contribution in [0.5, 0.6) is 0 Å². The molecule has 2 saturated heterocycles. The monoisotopic (exact) mass is 611 g/mol. The second-order valence-electron chi connectivity index (χ2n) is 12.0. The van der Waals surface area contributed by atoms with E-state index in [0.29, 0.717) is 68.8 Å². The molecule has 44 heavy (non-hydrogen) atoms. The Morgan fingerprint density at radius 1 is 0.932 bits per heavy atom. The Morgan fingerprint density at radius 2 is 1.68 bits per heavy atom. The normalized spacial score (nSPS) is 18.1. The number of ether oxygens (including phenoxy) is 2. The van der Waals surface area contributed by atoms with E-state index in [9.17, 15) is 9.59 Å². The van der Waals surface area contributed by atoms with Crippen molar-refractivity contribution < 1.29 is 18.7 Å². The molecular weight excluding hydrogens is 574 g/mol. The van der Waals surface area contributed by atoms with E-state index in [1.165, 1.54) is 0 Å². The average molecular weight is 612 g/mol. The maximum absolute atomic E-state index is 13.5. The highest BCUT2D eigenvalue weighted by Crippen LogP contribution is 2.43. The van der Waals surface area contributed by atoms with Crippen molar-refractivity contribution in [3.63, 3.8) is 0 Å². The number of benzene rings is 3. The number of anilines is 2. The number of hydrogen-bond acceptors (Lipinski definition) is 8. The quantitative estimate of drug-likeness (QED) is 0.234. The van der Waals surface area contributed by atoms with Gasteiger partial charge in [0, 0.05) is 75.8 Å². The van der Waals surface area contributed by atoms with Gasteiger partial charge in [-0.25, -0.2) is 0 Å². The van der Waals surface area contributed by atoms with E-state index in [-0.39, 0.29) is 17.4 Å². The van der Waals surface area contributed by atoms with Crippen LogP contribution in [0, 0.1) is 5.92 Å². The molecule has 0 N–H and O–H groups in total. The van der Waals surface area contributed by atoms with Crippen molar-refractivity contribution in [1.29, 1.82) is 0 Å². The fourth-order valence-corrected chi connectivity index (χ4v) is 7.63. The number of para-hydroxylation sites is 1. The summed E-state index contributed by atoms with van der Waals surface area (Å²) in [6, 6.07) is 20.2. The summed E-state index contributed by atoms with van der Waals surface area (Å²) < 4.78 is 19.9. The van der Waals surface area contributed by atoms with Gasteiger partial charge >= 0.3 is 0 Å². The number of morpholine rings is 2. The fraction of sp³-hybridized carbons (Fsp3) is 0.371. The predicted octanol–water partition coefficient (Wildman–Crippen LogP) is 5.98. The Morgan fingerprint density at radius 3 is 2.48 bits per heavy atom. The van der Waals surface area contributed by atoms with Crippen molar-refractivity contribution in [2.24, 2.45) is 5.92 Å². The molecule has 4 heterocycles. The summed E-state index contributed by atoms with van der Waals surface area (Å²) in [4.78, 5) is 32.8. The molecule has 0 saturated carbocycles. The number of nitrogens with zero attached hydrogens (tertiary/aromatic N) is 3. The zero-order chi connectivity index (χ0) is 30.4. The molecule has 5 aromatic rings. The lowest BCUT2D eigenvalue weighted by Crippen LogP contribution is -2.52. The first kappa shape index (κ1) is 29.0. The molecule has 1 amide bonds. The average Bonchev–Trinajstić information content (AvgIpc) is 3.43. The molecule has 3 aromatic carbocycles. The smallest absolute Gasteiger partial charge is 0.240 e. The van der Waals surface area contributed by atoms with Crippen molar-refractivity contribution in [3.05, 3.63) is 70.9 Å². The summed E-state index contributed by atoms with van der Waals surface area (Å²) in [6.07, 6.45) is 0. The van der Waals surface area contributed by atoms with Gasteiger partial charge in [-0.3, -0.25) is 14.5 Å². The summed E-state index contributed by atoms with van der Waals surface area (Å²) in [5.74, 6) is 1.06. The van der Waals surface area contributed by atoms with E-state index >= 15 is 0 Å². The number of amides is 1. The highest BCUT2D eigenvalue weighted by atomic mass is 32.1. The van der Waals surface area contributed by atoms with Crippen LogP contribution < -0.4 is 15.2 Å². The molecule has 8 nitrogen and oxygen atoms in total. The Balaban J connectivity index is 1.25. The molecule has 9 heteroatoms. The standard InChI is InChI=1S/C35H37N3O5S/c1-22(2)29-21-42-17-14-38(29)20-32(40)36(3)23-10-11-31-28(18-23)26-8-5-7-25(35(26)44-31)24-6-4-9-27-30(39)19-33(43-34(24)27)37-12-15-41-16-13-37/h4-11,18-19,22,29H,12-17,20-21H2,1-3H3. The minimum absolute atomic E-state index is 0.0488. The summed E-state index contributed by atoms with van der Waals surface area (Å²) in [5, 5.41) is 2.79. The number of hydrogen-bond donors (Lipinski definition) is 0.